The van der Waals surface area contributed by atoms with Gasteiger partial charge in [0.15, 0.2) is 11.0 Å². The smallest absolute Gasteiger partial charge is 0.228 e. The molecule has 0 saturated carbocycles. The normalized spacial score (nSPS) is 23.0. The molecule has 0 bridgehead atoms. The highest BCUT2D eigenvalue weighted by molar-refractivity contribution is 7.98. The molecule has 2 aliphatic rings. The number of likely N-dealkylation sites (tertiary alicyclic amines) is 1. The van der Waals surface area contributed by atoms with Gasteiger partial charge in [-0.15, -0.1) is 10.2 Å². The quantitative estimate of drug-likeness (QED) is 0.752. The summed E-state index contributed by atoms with van der Waals surface area (Å²) in [5, 5.41) is 9.54. The maximum atomic E-state index is 13.4. The van der Waals surface area contributed by atoms with Gasteiger partial charge in [0.2, 0.25) is 5.91 Å². The lowest BCUT2D eigenvalue weighted by Crippen LogP contribution is -2.45. The molecule has 4 rings (SSSR count). The molecule has 0 spiro atoms. The first-order chi connectivity index (χ1) is 13.2. The van der Waals surface area contributed by atoms with E-state index in [0.717, 1.165) is 62.1 Å². The summed E-state index contributed by atoms with van der Waals surface area (Å²) >= 11 is 1.58. The van der Waals surface area contributed by atoms with Gasteiger partial charge in [0.05, 0.1) is 12.0 Å². The minimum Gasteiger partial charge on any atom is -0.356 e. The molecule has 0 aromatic carbocycles. The number of hydrogen-bond donors (Lipinski definition) is 0. The lowest BCUT2D eigenvalue weighted by atomic mass is 9.96. The van der Waals surface area contributed by atoms with E-state index in [2.05, 4.69) is 20.1 Å². The van der Waals surface area contributed by atoms with Crippen LogP contribution >= 0.6 is 11.8 Å². The molecule has 144 valence electrons. The van der Waals surface area contributed by atoms with E-state index in [1.165, 1.54) is 0 Å². The van der Waals surface area contributed by atoms with Crippen LogP contribution in [0.2, 0.25) is 0 Å². The summed E-state index contributed by atoms with van der Waals surface area (Å²) in [4.78, 5) is 22.1. The number of hydrogen-bond acceptors (Lipinski definition) is 6. The largest absolute Gasteiger partial charge is 0.356 e. The van der Waals surface area contributed by atoms with Gasteiger partial charge in [-0.2, -0.15) is 0 Å². The van der Waals surface area contributed by atoms with E-state index in [1.54, 1.807) is 11.8 Å². The molecule has 2 saturated heterocycles. The maximum absolute atomic E-state index is 13.4. The Bertz CT molecular complexity index is 795. The number of piperidine rings is 1. The number of nitrogens with zero attached hydrogens (tertiary/aromatic N) is 6. The highest BCUT2D eigenvalue weighted by Crippen LogP contribution is 2.34. The number of carbonyl (C=O) groups is 1. The van der Waals surface area contributed by atoms with Crippen molar-refractivity contribution >= 4 is 23.5 Å². The number of carbonyl (C=O) groups excluding carboxylic acids is 1. The van der Waals surface area contributed by atoms with Crippen LogP contribution in [0.15, 0.2) is 29.6 Å². The molecule has 0 aliphatic carbocycles. The fourth-order valence-electron chi connectivity index (χ4n) is 4.26. The third kappa shape index (κ3) is 3.54. The van der Waals surface area contributed by atoms with Gasteiger partial charge in [-0.05, 0) is 44.1 Å². The Labute approximate surface area is 164 Å². The summed E-state index contributed by atoms with van der Waals surface area (Å²) in [6, 6.07) is 5.99. The van der Waals surface area contributed by atoms with Crippen molar-refractivity contribution in [1.29, 1.82) is 0 Å². The first-order valence-corrected chi connectivity index (χ1v) is 10.8. The first-order valence-electron chi connectivity index (χ1n) is 9.58. The third-order valence-electron chi connectivity index (χ3n) is 5.63. The van der Waals surface area contributed by atoms with E-state index in [4.69, 9.17) is 0 Å². The first kappa shape index (κ1) is 18.3. The average molecular weight is 387 g/mol. The molecule has 2 aromatic rings. The summed E-state index contributed by atoms with van der Waals surface area (Å²) < 4.78 is 2.03. The number of amides is 1. The van der Waals surface area contributed by atoms with E-state index in [0.29, 0.717) is 0 Å². The van der Waals surface area contributed by atoms with E-state index >= 15 is 0 Å². The van der Waals surface area contributed by atoms with Crippen molar-refractivity contribution < 1.29 is 4.79 Å². The lowest BCUT2D eigenvalue weighted by molar-refractivity contribution is -0.137. The van der Waals surface area contributed by atoms with Gasteiger partial charge in [0, 0.05) is 32.9 Å². The van der Waals surface area contributed by atoms with Crippen molar-refractivity contribution in [2.24, 2.45) is 13.0 Å². The Kier molecular flexibility index (Phi) is 5.33. The number of aromatic nitrogens is 4. The van der Waals surface area contributed by atoms with Crippen molar-refractivity contribution in [2.45, 2.75) is 36.9 Å². The van der Waals surface area contributed by atoms with Crippen molar-refractivity contribution in [2.75, 3.05) is 30.8 Å². The SMILES string of the molecule is CSc1nnc([C@H]2CCCN2C(=O)[C@@H]2CCCN(c3ccccn3)C2)n1C. The summed E-state index contributed by atoms with van der Waals surface area (Å²) in [6.45, 7) is 2.52. The van der Waals surface area contributed by atoms with E-state index in [9.17, 15) is 4.79 Å². The fraction of sp³-hybridized carbons (Fsp3) is 0.579. The summed E-state index contributed by atoms with van der Waals surface area (Å²) in [6.07, 6.45) is 7.76. The van der Waals surface area contributed by atoms with E-state index in [1.807, 2.05) is 47.2 Å². The second-order valence-corrected chi connectivity index (χ2v) is 8.04. The molecule has 2 atom stereocenters. The van der Waals surface area contributed by atoms with Crippen LogP contribution in [0.25, 0.3) is 0 Å². The average Bonchev–Trinajstić information content (AvgIpc) is 3.34. The molecule has 2 aliphatic heterocycles. The molecule has 4 heterocycles. The Hall–Kier alpha value is -2.09. The van der Waals surface area contributed by atoms with Gasteiger partial charge in [0.1, 0.15) is 5.82 Å². The second kappa shape index (κ2) is 7.88. The molecular weight excluding hydrogens is 360 g/mol. The Morgan fingerprint density at radius 1 is 1.19 bits per heavy atom. The Balaban J connectivity index is 1.50. The fourth-order valence-corrected chi connectivity index (χ4v) is 4.74. The van der Waals surface area contributed by atoms with Gasteiger partial charge in [-0.1, -0.05) is 17.8 Å². The van der Waals surface area contributed by atoms with Crippen LogP contribution in [-0.2, 0) is 11.8 Å². The van der Waals surface area contributed by atoms with Crippen LogP contribution in [0.1, 0.15) is 37.5 Å². The molecule has 2 fully saturated rings. The standard InChI is InChI=1S/C19H26N6OS/c1-23-17(21-22-19(23)27-2)15-8-6-12-25(15)18(26)14-7-5-11-24(13-14)16-9-3-4-10-20-16/h3-4,9-10,14-15H,5-8,11-13H2,1-2H3/t14-,15-/m1/s1. The van der Waals surface area contributed by atoms with Crippen molar-refractivity contribution in [3.8, 4) is 0 Å². The molecule has 0 N–H and O–H groups in total. The number of thioether (sulfide) groups is 1. The van der Waals surface area contributed by atoms with Crippen LogP contribution in [0, 0.1) is 5.92 Å². The Morgan fingerprint density at radius 3 is 2.78 bits per heavy atom. The monoisotopic (exact) mass is 386 g/mol. The van der Waals surface area contributed by atoms with Crippen LogP contribution in [0.3, 0.4) is 0 Å². The van der Waals surface area contributed by atoms with E-state index < -0.39 is 0 Å². The molecule has 0 unspecified atom stereocenters. The highest BCUT2D eigenvalue weighted by atomic mass is 32.2. The predicted octanol–water partition coefficient (Wildman–Crippen LogP) is 2.51. The summed E-state index contributed by atoms with van der Waals surface area (Å²) in [5.41, 5.74) is 0. The topological polar surface area (TPSA) is 67.2 Å². The number of rotatable bonds is 4. The maximum Gasteiger partial charge on any atom is 0.228 e. The molecule has 7 nitrogen and oxygen atoms in total. The van der Waals surface area contributed by atoms with Gasteiger partial charge in [-0.3, -0.25) is 4.79 Å². The second-order valence-electron chi connectivity index (χ2n) is 7.27. The molecule has 1 amide bonds. The molecular formula is C19H26N6OS. The van der Waals surface area contributed by atoms with Crippen molar-refractivity contribution in [3.63, 3.8) is 0 Å². The van der Waals surface area contributed by atoms with Crippen molar-refractivity contribution in [3.05, 3.63) is 30.2 Å². The predicted molar refractivity (Wildman–Crippen MR) is 106 cm³/mol. The van der Waals surface area contributed by atoms with Gasteiger partial charge in [0.25, 0.3) is 0 Å². The minimum atomic E-state index is 0.0228. The third-order valence-corrected chi connectivity index (χ3v) is 6.35. The zero-order valence-electron chi connectivity index (χ0n) is 15.9. The van der Waals surface area contributed by atoms with Crippen molar-refractivity contribution in [1.82, 2.24) is 24.6 Å². The lowest BCUT2D eigenvalue weighted by Gasteiger charge is -2.36. The zero-order valence-corrected chi connectivity index (χ0v) is 16.7. The van der Waals surface area contributed by atoms with Crippen LogP contribution in [0.4, 0.5) is 5.82 Å². The molecule has 2 aromatic heterocycles. The highest BCUT2D eigenvalue weighted by Gasteiger charge is 2.38. The molecule has 0 radical (unpaired) electrons. The zero-order chi connectivity index (χ0) is 18.8. The van der Waals surface area contributed by atoms with Crippen LogP contribution in [0.5, 0.6) is 0 Å². The van der Waals surface area contributed by atoms with E-state index in [-0.39, 0.29) is 17.9 Å². The number of pyridine rings is 1. The van der Waals surface area contributed by atoms with Gasteiger partial charge >= 0.3 is 0 Å². The van der Waals surface area contributed by atoms with Gasteiger partial charge < -0.3 is 14.4 Å². The number of anilines is 1. The Morgan fingerprint density at radius 2 is 2.04 bits per heavy atom. The summed E-state index contributed by atoms with van der Waals surface area (Å²) in [7, 11) is 1.99. The molecule has 8 heteroatoms. The van der Waals surface area contributed by atoms with Crippen LogP contribution < -0.4 is 4.90 Å². The molecule has 27 heavy (non-hydrogen) atoms. The van der Waals surface area contributed by atoms with Gasteiger partial charge in [-0.25, -0.2) is 4.98 Å². The van der Waals surface area contributed by atoms with Crippen LogP contribution in [-0.4, -0.2) is 56.4 Å². The summed E-state index contributed by atoms with van der Waals surface area (Å²) in [5.74, 6) is 2.15. The minimum absolute atomic E-state index is 0.0228.